The Morgan fingerprint density at radius 3 is 1.02 bits per heavy atom. The van der Waals surface area contributed by atoms with Crippen LogP contribution in [0.15, 0.2) is 110 Å². The molecule has 9 rings (SSSR count). The SMILES string of the molecule is CC(C)n1c[n+]([C@H]2[C@H]3c4ccccc4[C@@H](c4ccccc43)[C@@H]2[n+]2cn(C(C)C)c3ccccc32)c2ccccc21.O=S(=O)([O-])C(F)(F)F.O=S(=O)([O-])C(F)(F)F. The van der Waals surface area contributed by atoms with Gasteiger partial charge < -0.3 is 9.11 Å². The fourth-order valence-electron chi connectivity index (χ4n) is 7.89. The number of hydrogen-bond donors (Lipinski definition) is 0. The molecule has 0 N–H and O–H groups in total. The van der Waals surface area contributed by atoms with Crippen LogP contribution in [0.5, 0.6) is 0 Å². The molecule has 10 nitrogen and oxygen atoms in total. The number of halogens is 6. The van der Waals surface area contributed by atoms with Crippen molar-refractivity contribution in [2.45, 2.75) is 74.7 Å². The summed E-state index contributed by atoms with van der Waals surface area (Å²) in [5.74, 6) is 0.514. The summed E-state index contributed by atoms with van der Waals surface area (Å²) in [6.45, 7) is 9.15. The molecule has 298 valence electrons. The van der Waals surface area contributed by atoms with Gasteiger partial charge in [-0.1, -0.05) is 72.8 Å². The van der Waals surface area contributed by atoms with Crippen LogP contribution < -0.4 is 9.13 Å². The predicted molar refractivity (Wildman–Crippen MR) is 191 cm³/mol. The number of aromatic nitrogens is 4. The zero-order chi connectivity index (χ0) is 41.1. The molecule has 3 aliphatic carbocycles. The van der Waals surface area contributed by atoms with Gasteiger partial charge in [0.1, 0.15) is 0 Å². The third kappa shape index (κ3) is 7.30. The van der Waals surface area contributed by atoms with Crippen LogP contribution in [0, 0.1) is 0 Å². The Morgan fingerprint density at radius 1 is 0.518 bits per heavy atom. The van der Waals surface area contributed by atoms with Crippen molar-refractivity contribution < 1.29 is 61.4 Å². The van der Waals surface area contributed by atoms with Gasteiger partial charge in [-0.05, 0) is 74.2 Å². The molecule has 2 aromatic heterocycles. The Hall–Kier alpha value is -4.78. The molecule has 0 radical (unpaired) electrons. The summed E-state index contributed by atoms with van der Waals surface area (Å²) in [5.41, 5.74) is -0.153. The zero-order valence-electron chi connectivity index (χ0n) is 30.2. The highest BCUT2D eigenvalue weighted by Gasteiger charge is 2.57. The van der Waals surface area contributed by atoms with E-state index in [4.69, 9.17) is 25.9 Å². The first-order chi connectivity index (χ1) is 26.0. The van der Waals surface area contributed by atoms with Gasteiger partial charge in [0.15, 0.2) is 54.4 Å². The standard InChI is InChI=1S/C36H36N4.2CHF3O3S/c1-23(2)37-21-39(31-19-11-9-17-29(31)37)35-33-25-13-5-7-15-27(25)34(28-16-8-6-14-26(28)33)36(35)40-22-38(24(3)4)30-18-10-12-20-32(30)40;2*2-1(3,4)8(5,6)7/h5-24,33-36H,1-4H3;2*(H,5,6,7)/q+2;;/p-2/t33-,34-,35-,36-;;/m0../s1. The van der Waals surface area contributed by atoms with Crippen LogP contribution in [-0.4, -0.2) is 46.1 Å². The van der Waals surface area contributed by atoms with E-state index in [0.717, 1.165) is 0 Å². The zero-order valence-corrected chi connectivity index (χ0v) is 31.8. The maximum absolute atomic E-state index is 10.7. The molecule has 0 saturated heterocycles. The second kappa shape index (κ2) is 14.6. The summed E-state index contributed by atoms with van der Waals surface area (Å²) in [6.07, 6.45) is 4.81. The summed E-state index contributed by atoms with van der Waals surface area (Å²) < 4.78 is 128. The lowest BCUT2D eigenvalue weighted by Crippen LogP contribution is -2.60. The van der Waals surface area contributed by atoms with E-state index in [1.54, 1.807) is 0 Å². The minimum atomic E-state index is -6.09. The first kappa shape index (κ1) is 40.9. The highest BCUT2D eigenvalue weighted by molar-refractivity contribution is 7.86. The van der Waals surface area contributed by atoms with E-state index >= 15 is 0 Å². The van der Waals surface area contributed by atoms with E-state index in [0.29, 0.717) is 12.1 Å². The van der Waals surface area contributed by atoms with E-state index in [-0.39, 0.29) is 23.9 Å². The van der Waals surface area contributed by atoms with Crippen molar-refractivity contribution in [3.63, 3.8) is 0 Å². The van der Waals surface area contributed by atoms with Crippen molar-refractivity contribution >= 4 is 42.3 Å². The Balaban J connectivity index is 0.000000281. The van der Waals surface area contributed by atoms with E-state index in [2.05, 4.69) is 156 Å². The number of rotatable bonds is 4. The summed E-state index contributed by atoms with van der Waals surface area (Å²) in [5, 5.41) is 0. The van der Waals surface area contributed by atoms with Gasteiger partial charge in [0.2, 0.25) is 12.7 Å². The van der Waals surface area contributed by atoms with E-state index in [1.165, 1.54) is 44.3 Å². The van der Waals surface area contributed by atoms with Gasteiger partial charge in [0.05, 0.1) is 23.9 Å². The highest BCUT2D eigenvalue weighted by atomic mass is 32.2. The molecule has 2 atom stereocenters. The smallest absolute Gasteiger partial charge is 0.485 e. The molecule has 3 aliphatic rings. The molecule has 0 amide bonds. The largest absolute Gasteiger partial charge is 0.741 e. The van der Waals surface area contributed by atoms with E-state index in [1.807, 2.05) is 0 Å². The number of benzene rings is 4. The van der Waals surface area contributed by atoms with Crippen molar-refractivity contribution in [2.24, 2.45) is 0 Å². The van der Waals surface area contributed by atoms with Gasteiger partial charge in [0.25, 0.3) is 0 Å². The quantitative estimate of drug-likeness (QED) is 0.0783. The molecule has 0 unspecified atom stereocenters. The number of alkyl halides is 6. The molecular weight excluding hydrogens is 787 g/mol. The number of fused-ring (bicyclic) bond motifs is 3. The number of nitrogens with zero attached hydrogens (tertiary/aromatic N) is 4. The molecule has 0 spiro atoms. The van der Waals surface area contributed by atoms with Crippen LogP contribution in [0.3, 0.4) is 0 Å². The average molecular weight is 823 g/mol. The minimum absolute atomic E-state index is 0.219. The molecule has 6 aromatic rings. The van der Waals surface area contributed by atoms with Crippen molar-refractivity contribution in [1.82, 2.24) is 9.13 Å². The third-order valence-electron chi connectivity index (χ3n) is 10.1. The molecule has 0 aliphatic heterocycles. The first-order valence-corrected chi connectivity index (χ1v) is 20.1. The van der Waals surface area contributed by atoms with Crippen molar-refractivity contribution in [2.75, 3.05) is 0 Å². The number of hydrogen-bond acceptors (Lipinski definition) is 6. The van der Waals surface area contributed by atoms with Crippen molar-refractivity contribution in [1.29, 1.82) is 0 Å². The Bertz CT molecular complexity index is 2410. The van der Waals surface area contributed by atoms with Crippen LogP contribution in [0.2, 0.25) is 0 Å². The maximum atomic E-state index is 10.7. The molecule has 0 fully saturated rings. The topological polar surface area (TPSA) is 132 Å². The van der Waals surface area contributed by atoms with Gasteiger partial charge in [-0.3, -0.25) is 0 Å². The monoisotopic (exact) mass is 822 g/mol. The molecule has 18 heteroatoms. The van der Waals surface area contributed by atoms with E-state index < -0.39 is 31.3 Å². The molecular formula is C38H36F6N4O6S2. The fourth-order valence-corrected chi connectivity index (χ4v) is 7.89. The van der Waals surface area contributed by atoms with Crippen LogP contribution in [0.25, 0.3) is 22.1 Å². The molecule has 56 heavy (non-hydrogen) atoms. The van der Waals surface area contributed by atoms with Crippen LogP contribution >= 0.6 is 0 Å². The predicted octanol–water partition coefficient (Wildman–Crippen LogP) is 7.51. The Labute approximate surface area is 318 Å². The second-order valence-electron chi connectivity index (χ2n) is 14.0. The van der Waals surface area contributed by atoms with Gasteiger partial charge in [0, 0.05) is 0 Å². The second-order valence-corrected chi connectivity index (χ2v) is 16.8. The van der Waals surface area contributed by atoms with Crippen molar-refractivity contribution in [3.05, 3.63) is 132 Å². The van der Waals surface area contributed by atoms with E-state index in [9.17, 15) is 26.3 Å². The van der Waals surface area contributed by atoms with Crippen LogP contribution in [0.4, 0.5) is 26.3 Å². The molecule has 0 saturated carbocycles. The first-order valence-electron chi connectivity index (χ1n) is 17.3. The third-order valence-corrected chi connectivity index (χ3v) is 11.2. The Morgan fingerprint density at radius 2 is 0.768 bits per heavy atom. The Kier molecular flexibility index (Phi) is 10.7. The molecule has 2 bridgehead atoms. The summed E-state index contributed by atoms with van der Waals surface area (Å²) in [4.78, 5) is 0. The number of para-hydroxylation sites is 4. The highest BCUT2D eigenvalue weighted by Crippen LogP contribution is 2.59. The summed E-state index contributed by atoms with van der Waals surface area (Å²) in [6, 6.07) is 37.6. The average Bonchev–Trinajstić information content (AvgIpc) is 3.70. The summed E-state index contributed by atoms with van der Waals surface area (Å²) >= 11 is 0. The van der Waals surface area contributed by atoms with Crippen molar-refractivity contribution in [3.8, 4) is 0 Å². The van der Waals surface area contributed by atoms with Crippen LogP contribution in [0.1, 0.15) is 86.0 Å². The molecule has 4 aromatic carbocycles. The normalized spacial score (nSPS) is 19.3. The lowest BCUT2D eigenvalue weighted by Gasteiger charge is -2.47. The van der Waals surface area contributed by atoms with Gasteiger partial charge in [-0.25, -0.2) is 35.1 Å². The summed E-state index contributed by atoms with van der Waals surface area (Å²) in [7, 11) is -12.2. The fraction of sp³-hybridized carbons (Fsp3) is 0.316. The van der Waals surface area contributed by atoms with Crippen LogP contribution in [-0.2, 0) is 20.2 Å². The minimum Gasteiger partial charge on any atom is -0.741 e. The van der Waals surface area contributed by atoms with Gasteiger partial charge in [-0.2, -0.15) is 26.3 Å². The molecule has 2 heterocycles. The van der Waals surface area contributed by atoms with Gasteiger partial charge >= 0.3 is 11.0 Å². The maximum Gasteiger partial charge on any atom is 0.485 e. The van der Waals surface area contributed by atoms with Gasteiger partial charge in [-0.15, -0.1) is 0 Å². The lowest BCUT2D eigenvalue weighted by atomic mass is 9.59. The lowest BCUT2D eigenvalue weighted by molar-refractivity contribution is -0.800. The number of imidazole rings is 2.